The Bertz CT molecular complexity index is 199. The monoisotopic (exact) mass is 140 g/mol. The molecule has 0 aromatic carbocycles. The van der Waals surface area contributed by atoms with Crippen molar-refractivity contribution >= 4 is 6.16 Å². The van der Waals surface area contributed by atoms with Crippen molar-refractivity contribution in [3.05, 3.63) is 0 Å². The minimum Gasteiger partial charge on any atom is -0.423 e. The minimum atomic E-state index is -0.687. The van der Waals surface area contributed by atoms with Gasteiger partial charge in [0.05, 0.1) is 0 Å². The fourth-order valence-electron chi connectivity index (χ4n) is 0.765. The molecule has 1 aliphatic heterocycles. The molecule has 0 spiro atoms. The lowest BCUT2D eigenvalue weighted by Gasteiger charge is -2.16. The van der Waals surface area contributed by atoms with Gasteiger partial charge in [0, 0.05) is 0 Å². The van der Waals surface area contributed by atoms with Gasteiger partial charge in [0.2, 0.25) is 6.10 Å². The smallest absolute Gasteiger partial charge is 0.423 e. The van der Waals surface area contributed by atoms with Crippen LogP contribution in [0.15, 0.2) is 0 Å². The lowest BCUT2D eigenvalue weighted by Crippen LogP contribution is -2.31. The first kappa shape index (κ1) is 6.94. The molecule has 0 saturated carbocycles. The number of carbonyl (C=O) groups is 1. The van der Waals surface area contributed by atoms with Crippen molar-refractivity contribution in [2.45, 2.75) is 25.6 Å². The van der Waals surface area contributed by atoms with E-state index in [1.54, 1.807) is 13.8 Å². The van der Waals surface area contributed by atoms with E-state index in [1.165, 1.54) is 0 Å². The first-order valence-electron chi connectivity index (χ1n) is 2.92. The summed E-state index contributed by atoms with van der Waals surface area (Å²) in [5, 5.41) is 0. The first-order valence-corrected chi connectivity index (χ1v) is 2.92. The van der Waals surface area contributed by atoms with Crippen LogP contribution in [0.4, 0.5) is 4.79 Å². The van der Waals surface area contributed by atoms with E-state index in [0.717, 1.165) is 0 Å². The van der Waals surface area contributed by atoms with Gasteiger partial charge in [-0.25, -0.2) is 4.79 Å². The van der Waals surface area contributed by atoms with Gasteiger partial charge in [-0.3, -0.25) is 0 Å². The lowest BCUT2D eigenvalue weighted by atomic mass is 10.0. The molecule has 3 nitrogen and oxygen atoms in total. The molecule has 1 heterocycles. The topological polar surface area (TPSA) is 35.5 Å². The second kappa shape index (κ2) is 1.91. The van der Waals surface area contributed by atoms with Crippen molar-refractivity contribution in [1.29, 1.82) is 0 Å². The van der Waals surface area contributed by atoms with E-state index in [1.807, 2.05) is 0 Å². The molecule has 0 amide bonds. The fourth-order valence-corrected chi connectivity index (χ4v) is 0.765. The Kier molecular flexibility index (Phi) is 1.33. The second-order valence-corrected chi connectivity index (χ2v) is 2.62. The quantitative estimate of drug-likeness (QED) is 0.371. The summed E-state index contributed by atoms with van der Waals surface area (Å²) in [7, 11) is 0. The van der Waals surface area contributed by atoms with E-state index in [2.05, 4.69) is 10.7 Å². The number of terminal acetylenes is 1. The number of carbonyl (C=O) groups excluding carboxylic acids is 1. The Morgan fingerprint density at radius 2 is 2.30 bits per heavy atom. The maximum atomic E-state index is 10.5. The zero-order valence-electron chi connectivity index (χ0n) is 5.88. The average Bonchev–Trinajstić information content (AvgIpc) is 2.04. The van der Waals surface area contributed by atoms with Gasteiger partial charge in [0.15, 0.2) is 5.60 Å². The van der Waals surface area contributed by atoms with Crippen molar-refractivity contribution < 1.29 is 14.3 Å². The van der Waals surface area contributed by atoms with Crippen LogP contribution in [0, 0.1) is 12.3 Å². The molecule has 1 aliphatic rings. The molecular weight excluding hydrogens is 132 g/mol. The third-order valence-corrected chi connectivity index (χ3v) is 1.34. The fraction of sp³-hybridized carbons (Fsp3) is 0.571. The molecule has 10 heavy (non-hydrogen) atoms. The highest BCUT2D eigenvalue weighted by molar-refractivity contribution is 5.64. The average molecular weight is 140 g/mol. The molecule has 0 N–H and O–H groups in total. The molecule has 0 aromatic heterocycles. The molecule has 1 saturated heterocycles. The third kappa shape index (κ3) is 0.926. The summed E-state index contributed by atoms with van der Waals surface area (Å²) in [4.78, 5) is 10.5. The van der Waals surface area contributed by atoms with Crippen LogP contribution < -0.4 is 0 Å². The summed E-state index contributed by atoms with van der Waals surface area (Å²) < 4.78 is 9.38. The van der Waals surface area contributed by atoms with Crippen molar-refractivity contribution in [1.82, 2.24) is 0 Å². The van der Waals surface area contributed by atoms with Crippen molar-refractivity contribution in [3.63, 3.8) is 0 Å². The second-order valence-electron chi connectivity index (χ2n) is 2.62. The predicted molar refractivity (Wildman–Crippen MR) is 34.3 cm³/mol. The predicted octanol–water partition coefficient (Wildman–Crippen LogP) is 0.934. The summed E-state index contributed by atoms with van der Waals surface area (Å²) in [5.74, 6) is 2.32. The van der Waals surface area contributed by atoms with E-state index >= 15 is 0 Å². The molecule has 1 unspecified atom stereocenters. The van der Waals surface area contributed by atoms with Gasteiger partial charge in [-0.1, -0.05) is 5.92 Å². The highest BCUT2D eigenvalue weighted by Crippen LogP contribution is 2.25. The zero-order valence-corrected chi connectivity index (χ0v) is 5.88. The maximum Gasteiger partial charge on any atom is 0.510 e. The zero-order chi connectivity index (χ0) is 7.78. The van der Waals surface area contributed by atoms with E-state index < -0.39 is 17.9 Å². The Balaban J connectivity index is 2.79. The largest absolute Gasteiger partial charge is 0.510 e. The van der Waals surface area contributed by atoms with E-state index in [9.17, 15) is 4.79 Å². The van der Waals surface area contributed by atoms with Crippen LogP contribution in [0.2, 0.25) is 0 Å². The van der Waals surface area contributed by atoms with Gasteiger partial charge >= 0.3 is 6.16 Å². The Morgan fingerprint density at radius 3 is 2.50 bits per heavy atom. The molecule has 0 aliphatic carbocycles. The molecule has 0 bridgehead atoms. The van der Waals surface area contributed by atoms with E-state index in [0.29, 0.717) is 0 Å². The molecule has 1 atom stereocenters. The normalized spacial score (nSPS) is 28.5. The van der Waals surface area contributed by atoms with Gasteiger partial charge in [-0.05, 0) is 13.8 Å². The van der Waals surface area contributed by atoms with E-state index in [-0.39, 0.29) is 0 Å². The number of hydrogen-bond donors (Lipinski definition) is 0. The summed E-state index contributed by atoms with van der Waals surface area (Å²) in [6.07, 6.45) is 3.82. The molecular formula is C7H8O3. The molecule has 3 heteroatoms. The van der Waals surface area contributed by atoms with Crippen LogP contribution in [0.25, 0.3) is 0 Å². The number of rotatable bonds is 0. The Morgan fingerprint density at radius 1 is 1.70 bits per heavy atom. The summed E-state index contributed by atoms with van der Waals surface area (Å²) in [6, 6.07) is 0. The number of cyclic esters (lactones) is 2. The standard InChI is InChI=1S/C7H8O3/c1-4-5-7(2,3)10-6(8)9-5/h1,5H,2-3H3. The Labute approximate surface area is 59.3 Å². The third-order valence-electron chi connectivity index (χ3n) is 1.34. The maximum absolute atomic E-state index is 10.5. The van der Waals surface area contributed by atoms with Crippen LogP contribution >= 0.6 is 0 Å². The molecule has 54 valence electrons. The van der Waals surface area contributed by atoms with Gasteiger partial charge in [-0.2, -0.15) is 0 Å². The van der Waals surface area contributed by atoms with Crippen molar-refractivity contribution in [2.75, 3.05) is 0 Å². The van der Waals surface area contributed by atoms with Crippen LogP contribution in [0.1, 0.15) is 13.8 Å². The lowest BCUT2D eigenvalue weighted by molar-refractivity contribution is 0.0779. The molecule has 1 fully saturated rings. The molecule has 0 radical (unpaired) electrons. The van der Waals surface area contributed by atoms with Crippen molar-refractivity contribution in [2.24, 2.45) is 0 Å². The van der Waals surface area contributed by atoms with Crippen LogP contribution in [-0.2, 0) is 9.47 Å². The summed E-state index contributed by atoms with van der Waals surface area (Å²) in [6.45, 7) is 3.42. The minimum absolute atomic E-state index is 0.556. The highest BCUT2D eigenvalue weighted by atomic mass is 16.8. The molecule has 0 aromatic rings. The van der Waals surface area contributed by atoms with Gasteiger partial charge in [0.1, 0.15) is 0 Å². The van der Waals surface area contributed by atoms with Crippen molar-refractivity contribution in [3.8, 4) is 12.3 Å². The van der Waals surface area contributed by atoms with Crippen LogP contribution in [-0.4, -0.2) is 17.9 Å². The van der Waals surface area contributed by atoms with E-state index in [4.69, 9.17) is 11.2 Å². The van der Waals surface area contributed by atoms with Gasteiger partial charge < -0.3 is 9.47 Å². The van der Waals surface area contributed by atoms with Gasteiger partial charge in [0.25, 0.3) is 0 Å². The van der Waals surface area contributed by atoms with Gasteiger partial charge in [-0.15, -0.1) is 6.42 Å². The summed E-state index contributed by atoms with van der Waals surface area (Å²) >= 11 is 0. The Hall–Kier alpha value is -1.17. The van der Waals surface area contributed by atoms with Crippen LogP contribution in [0.5, 0.6) is 0 Å². The summed E-state index contributed by atoms with van der Waals surface area (Å²) in [5.41, 5.74) is -0.675. The number of hydrogen-bond acceptors (Lipinski definition) is 3. The van der Waals surface area contributed by atoms with Crippen LogP contribution in [0.3, 0.4) is 0 Å². The number of ether oxygens (including phenoxy) is 2. The SMILES string of the molecule is C#CC1OC(=O)OC1(C)C. The first-order chi connectivity index (χ1) is 4.56. The highest BCUT2D eigenvalue weighted by Gasteiger charge is 2.42. The molecule has 1 rings (SSSR count).